The molecule has 1 heterocycles. The number of nitrogens with one attached hydrogen (secondary N) is 1. The van der Waals surface area contributed by atoms with Crippen molar-refractivity contribution >= 4 is 15.9 Å². The molecule has 0 fully saturated rings. The van der Waals surface area contributed by atoms with E-state index < -0.39 is 0 Å². The summed E-state index contributed by atoms with van der Waals surface area (Å²) in [5, 5.41) is 7.84. The van der Waals surface area contributed by atoms with Gasteiger partial charge in [-0.3, -0.25) is 4.68 Å². The Balaban J connectivity index is 1.80. The van der Waals surface area contributed by atoms with Crippen molar-refractivity contribution in [3.8, 4) is 5.75 Å². The summed E-state index contributed by atoms with van der Waals surface area (Å²) >= 11 is 3.43. The van der Waals surface area contributed by atoms with Gasteiger partial charge in [0, 0.05) is 22.3 Å². The van der Waals surface area contributed by atoms with Crippen LogP contribution in [0.5, 0.6) is 5.75 Å². The summed E-state index contributed by atoms with van der Waals surface area (Å²) in [5.74, 6) is 0.870. The van der Waals surface area contributed by atoms with Gasteiger partial charge >= 0.3 is 0 Å². The number of aromatic nitrogens is 2. The summed E-state index contributed by atoms with van der Waals surface area (Å²) in [6.07, 6.45) is 5.14. The molecule has 1 N–H and O–H groups in total. The molecule has 0 aliphatic heterocycles. The highest BCUT2D eigenvalue weighted by Gasteiger charge is 2.06. The van der Waals surface area contributed by atoms with E-state index in [9.17, 15) is 0 Å². The highest BCUT2D eigenvalue weighted by Crippen LogP contribution is 2.17. The fraction of sp³-hybridized carbons (Fsp3) is 0.438. The molecule has 0 saturated heterocycles. The molecule has 0 amide bonds. The number of nitrogens with zero attached hydrogens (tertiary/aromatic N) is 2. The van der Waals surface area contributed by atoms with Crippen molar-refractivity contribution in [2.24, 2.45) is 0 Å². The first-order valence-corrected chi connectivity index (χ1v) is 8.12. The Bertz CT molecular complexity index is 556. The van der Waals surface area contributed by atoms with Crippen molar-refractivity contribution < 1.29 is 4.74 Å². The second kappa shape index (κ2) is 8.20. The first-order chi connectivity index (χ1) is 10.2. The summed E-state index contributed by atoms with van der Waals surface area (Å²) in [6, 6.07) is 8.20. The van der Waals surface area contributed by atoms with Crippen LogP contribution in [0.2, 0.25) is 0 Å². The molecular weight excluding hydrogens is 330 g/mol. The molecule has 21 heavy (non-hydrogen) atoms. The standard InChI is InChI=1S/C16H22BrN3O/c1-3-7-18-13(2)14-11-19-20(12-14)8-9-21-16-6-4-5-15(17)10-16/h4-6,10-13,18H,3,7-9H2,1-2H3. The SMILES string of the molecule is CCCNC(C)c1cnn(CCOc2cccc(Br)c2)c1. The number of hydrogen-bond acceptors (Lipinski definition) is 3. The molecular formula is C16H22BrN3O. The van der Waals surface area contributed by atoms with Crippen LogP contribution in [0, 0.1) is 0 Å². The third kappa shape index (κ3) is 5.17. The van der Waals surface area contributed by atoms with Gasteiger partial charge in [0.2, 0.25) is 0 Å². The molecule has 1 unspecified atom stereocenters. The molecule has 0 radical (unpaired) electrons. The van der Waals surface area contributed by atoms with E-state index in [4.69, 9.17) is 4.74 Å². The fourth-order valence-electron chi connectivity index (χ4n) is 2.02. The summed E-state index contributed by atoms with van der Waals surface area (Å²) in [5.41, 5.74) is 1.21. The van der Waals surface area contributed by atoms with E-state index in [2.05, 4.69) is 46.4 Å². The third-order valence-electron chi connectivity index (χ3n) is 3.24. The van der Waals surface area contributed by atoms with Crippen LogP contribution in [-0.4, -0.2) is 22.9 Å². The second-order valence-corrected chi connectivity index (χ2v) is 5.93. The normalized spacial score (nSPS) is 12.3. The van der Waals surface area contributed by atoms with Crippen LogP contribution in [0.25, 0.3) is 0 Å². The average Bonchev–Trinajstić information content (AvgIpc) is 2.94. The van der Waals surface area contributed by atoms with Crippen molar-refractivity contribution in [1.29, 1.82) is 0 Å². The maximum atomic E-state index is 5.72. The Morgan fingerprint density at radius 2 is 2.29 bits per heavy atom. The number of benzene rings is 1. The van der Waals surface area contributed by atoms with E-state index in [0.717, 1.165) is 29.7 Å². The first-order valence-electron chi connectivity index (χ1n) is 7.33. The van der Waals surface area contributed by atoms with Gasteiger partial charge in [-0.25, -0.2) is 0 Å². The average molecular weight is 352 g/mol. The van der Waals surface area contributed by atoms with Crippen molar-refractivity contribution in [3.63, 3.8) is 0 Å². The number of rotatable bonds is 8. The van der Waals surface area contributed by atoms with Crippen LogP contribution in [0.4, 0.5) is 0 Å². The van der Waals surface area contributed by atoms with Crippen LogP contribution in [0.15, 0.2) is 41.1 Å². The Labute approximate surface area is 134 Å². The molecule has 0 aliphatic rings. The number of halogens is 1. The largest absolute Gasteiger partial charge is 0.492 e. The summed E-state index contributed by atoms with van der Waals surface area (Å²) in [6.45, 7) is 6.71. The van der Waals surface area contributed by atoms with Gasteiger partial charge in [0.25, 0.3) is 0 Å². The highest BCUT2D eigenvalue weighted by molar-refractivity contribution is 9.10. The van der Waals surface area contributed by atoms with Crippen molar-refractivity contribution in [3.05, 3.63) is 46.7 Å². The molecule has 2 aromatic rings. The van der Waals surface area contributed by atoms with Crippen LogP contribution in [0.3, 0.4) is 0 Å². The lowest BCUT2D eigenvalue weighted by atomic mass is 10.2. The van der Waals surface area contributed by atoms with Crippen molar-refractivity contribution in [2.75, 3.05) is 13.2 Å². The van der Waals surface area contributed by atoms with Gasteiger partial charge in [-0.05, 0) is 38.1 Å². The Kier molecular flexibility index (Phi) is 6.26. The van der Waals surface area contributed by atoms with E-state index in [-0.39, 0.29) is 0 Å². The van der Waals surface area contributed by atoms with E-state index in [1.165, 1.54) is 5.56 Å². The zero-order chi connectivity index (χ0) is 15.1. The predicted molar refractivity (Wildman–Crippen MR) is 88.6 cm³/mol. The van der Waals surface area contributed by atoms with E-state index >= 15 is 0 Å². The van der Waals surface area contributed by atoms with E-state index in [0.29, 0.717) is 12.6 Å². The summed E-state index contributed by atoms with van der Waals surface area (Å²) < 4.78 is 8.67. The first kappa shape index (κ1) is 16.0. The smallest absolute Gasteiger partial charge is 0.120 e. The molecule has 114 valence electrons. The van der Waals surface area contributed by atoms with Crippen LogP contribution in [0.1, 0.15) is 31.9 Å². The zero-order valence-corrected chi connectivity index (χ0v) is 14.1. The molecule has 0 saturated carbocycles. The number of hydrogen-bond donors (Lipinski definition) is 1. The molecule has 2 rings (SSSR count). The fourth-order valence-corrected chi connectivity index (χ4v) is 2.40. The van der Waals surface area contributed by atoms with Gasteiger partial charge in [-0.15, -0.1) is 0 Å². The van der Waals surface area contributed by atoms with E-state index in [1.54, 1.807) is 0 Å². The van der Waals surface area contributed by atoms with Crippen LogP contribution >= 0.6 is 15.9 Å². The topological polar surface area (TPSA) is 39.1 Å². The van der Waals surface area contributed by atoms with Gasteiger partial charge in [0.1, 0.15) is 12.4 Å². The van der Waals surface area contributed by atoms with Gasteiger partial charge in [-0.2, -0.15) is 5.10 Å². The molecule has 1 atom stereocenters. The zero-order valence-electron chi connectivity index (χ0n) is 12.6. The lowest BCUT2D eigenvalue weighted by molar-refractivity contribution is 0.291. The maximum Gasteiger partial charge on any atom is 0.120 e. The molecule has 1 aromatic carbocycles. The Hall–Kier alpha value is -1.33. The molecule has 1 aromatic heterocycles. The summed E-state index contributed by atoms with van der Waals surface area (Å²) in [7, 11) is 0. The second-order valence-electron chi connectivity index (χ2n) is 5.02. The molecule has 5 heteroatoms. The van der Waals surface area contributed by atoms with E-state index in [1.807, 2.05) is 35.1 Å². The predicted octanol–water partition coefficient (Wildman–Crippen LogP) is 3.79. The Morgan fingerprint density at radius 3 is 3.05 bits per heavy atom. The van der Waals surface area contributed by atoms with Crippen LogP contribution in [-0.2, 0) is 6.54 Å². The van der Waals surface area contributed by atoms with Crippen molar-refractivity contribution in [1.82, 2.24) is 15.1 Å². The lowest BCUT2D eigenvalue weighted by Gasteiger charge is -2.10. The molecule has 0 bridgehead atoms. The minimum Gasteiger partial charge on any atom is -0.492 e. The lowest BCUT2D eigenvalue weighted by Crippen LogP contribution is -2.18. The van der Waals surface area contributed by atoms with Gasteiger partial charge in [-0.1, -0.05) is 28.9 Å². The quantitative estimate of drug-likeness (QED) is 0.786. The van der Waals surface area contributed by atoms with Crippen molar-refractivity contribution in [2.45, 2.75) is 32.9 Å². The number of ether oxygens (including phenoxy) is 1. The molecule has 4 nitrogen and oxygen atoms in total. The molecule has 0 spiro atoms. The molecule has 0 aliphatic carbocycles. The van der Waals surface area contributed by atoms with Gasteiger partial charge in [0.05, 0.1) is 12.7 Å². The van der Waals surface area contributed by atoms with Gasteiger partial charge < -0.3 is 10.1 Å². The van der Waals surface area contributed by atoms with Crippen LogP contribution < -0.4 is 10.1 Å². The minimum absolute atomic E-state index is 0.338. The summed E-state index contributed by atoms with van der Waals surface area (Å²) in [4.78, 5) is 0. The van der Waals surface area contributed by atoms with Gasteiger partial charge in [0.15, 0.2) is 0 Å². The maximum absolute atomic E-state index is 5.72. The third-order valence-corrected chi connectivity index (χ3v) is 3.73. The minimum atomic E-state index is 0.338. The Morgan fingerprint density at radius 1 is 1.43 bits per heavy atom. The monoisotopic (exact) mass is 351 g/mol. The highest BCUT2D eigenvalue weighted by atomic mass is 79.9.